The monoisotopic (exact) mass is 398 g/mol. The minimum Gasteiger partial charge on any atom is -0.343 e. The van der Waals surface area contributed by atoms with Gasteiger partial charge in [-0.1, -0.05) is 18.2 Å². The molecule has 0 fully saturated rings. The second-order valence-electron chi connectivity index (χ2n) is 6.19. The Morgan fingerprint density at radius 2 is 2.00 bits per heavy atom. The number of nitrogens with one attached hydrogen (secondary N) is 1. The SMILES string of the molecule is C[C@H](c1nc2ccccc2s1)N(C)C(=O)CNC(=O)c1cccc([N+](=O)[O-])c1. The number of hydrogen-bond acceptors (Lipinski definition) is 6. The predicted molar refractivity (Wildman–Crippen MR) is 106 cm³/mol. The van der Waals surface area contributed by atoms with Crippen molar-refractivity contribution in [3.63, 3.8) is 0 Å². The second kappa shape index (κ2) is 8.13. The van der Waals surface area contributed by atoms with Gasteiger partial charge in [0, 0.05) is 24.7 Å². The molecule has 1 N–H and O–H groups in total. The van der Waals surface area contributed by atoms with Crippen LogP contribution in [0.3, 0.4) is 0 Å². The fraction of sp³-hybridized carbons (Fsp3) is 0.211. The molecule has 1 heterocycles. The lowest BCUT2D eigenvalue weighted by molar-refractivity contribution is -0.384. The molecule has 2 amide bonds. The Kier molecular flexibility index (Phi) is 5.65. The first-order valence-corrected chi connectivity index (χ1v) is 9.32. The highest BCUT2D eigenvalue weighted by atomic mass is 32.1. The van der Waals surface area contributed by atoms with Crippen LogP contribution < -0.4 is 5.32 Å². The smallest absolute Gasteiger partial charge is 0.270 e. The molecule has 3 aromatic rings. The fourth-order valence-corrected chi connectivity index (χ4v) is 3.66. The van der Waals surface area contributed by atoms with E-state index in [0.29, 0.717) is 0 Å². The first-order chi connectivity index (χ1) is 13.4. The van der Waals surface area contributed by atoms with Gasteiger partial charge in [0.25, 0.3) is 11.6 Å². The van der Waals surface area contributed by atoms with Gasteiger partial charge in [0.1, 0.15) is 5.01 Å². The number of para-hydroxylation sites is 1. The molecule has 0 saturated heterocycles. The maximum absolute atomic E-state index is 12.5. The van der Waals surface area contributed by atoms with Gasteiger partial charge in [-0.15, -0.1) is 11.3 Å². The third-order valence-electron chi connectivity index (χ3n) is 4.36. The Hall–Kier alpha value is -3.33. The molecule has 0 unspecified atom stereocenters. The molecular formula is C19H18N4O4S. The molecule has 0 saturated carbocycles. The zero-order valence-corrected chi connectivity index (χ0v) is 16.1. The van der Waals surface area contributed by atoms with Gasteiger partial charge >= 0.3 is 0 Å². The van der Waals surface area contributed by atoms with E-state index in [0.717, 1.165) is 15.2 Å². The number of rotatable bonds is 6. The highest BCUT2D eigenvalue weighted by Crippen LogP contribution is 2.28. The maximum Gasteiger partial charge on any atom is 0.270 e. The van der Waals surface area contributed by atoms with Crippen LogP contribution in [-0.4, -0.2) is 40.2 Å². The van der Waals surface area contributed by atoms with Crippen LogP contribution in [0, 0.1) is 10.1 Å². The molecule has 0 aliphatic carbocycles. The number of benzene rings is 2. The molecule has 0 bridgehead atoms. The number of nitrogens with zero attached hydrogens (tertiary/aromatic N) is 3. The molecule has 28 heavy (non-hydrogen) atoms. The minimum atomic E-state index is -0.574. The molecule has 0 aliphatic rings. The summed E-state index contributed by atoms with van der Waals surface area (Å²) in [6, 6.07) is 12.9. The van der Waals surface area contributed by atoms with Gasteiger partial charge < -0.3 is 10.2 Å². The molecule has 1 aromatic heterocycles. The van der Waals surface area contributed by atoms with Crippen LogP contribution in [0.15, 0.2) is 48.5 Å². The summed E-state index contributed by atoms with van der Waals surface area (Å²) in [5.74, 6) is -0.830. The molecule has 3 rings (SSSR count). The van der Waals surface area contributed by atoms with Crippen molar-refractivity contribution in [1.29, 1.82) is 0 Å². The van der Waals surface area contributed by atoms with E-state index >= 15 is 0 Å². The Morgan fingerprint density at radius 1 is 1.25 bits per heavy atom. The van der Waals surface area contributed by atoms with E-state index < -0.39 is 10.8 Å². The van der Waals surface area contributed by atoms with E-state index in [1.807, 2.05) is 31.2 Å². The summed E-state index contributed by atoms with van der Waals surface area (Å²) in [5, 5.41) is 14.1. The molecule has 1 atom stereocenters. The number of nitro benzene ring substituents is 1. The molecule has 0 aliphatic heterocycles. The topological polar surface area (TPSA) is 105 Å². The van der Waals surface area contributed by atoms with Gasteiger partial charge in [-0.2, -0.15) is 0 Å². The third-order valence-corrected chi connectivity index (χ3v) is 5.57. The summed E-state index contributed by atoms with van der Waals surface area (Å²) in [7, 11) is 1.65. The number of thiazole rings is 1. The average molecular weight is 398 g/mol. The zero-order chi connectivity index (χ0) is 20.3. The maximum atomic E-state index is 12.5. The lowest BCUT2D eigenvalue weighted by atomic mass is 10.2. The van der Waals surface area contributed by atoms with E-state index in [1.165, 1.54) is 40.5 Å². The molecule has 0 radical (unpaired) electrons. The van der Waals surface area contributed by atoms with E-state index in [4.69, 9.17) is 0 Å². The number of fused-ring (bicyclic) bond motifs is 1. The first kappa shape index (κ1) is 19.4. The summed E-state index contributed by atoms with van der Waals surface area (Å²) in [4.78, 5) is 41.0. The van der Waals surface area contributed by atoms with Crippen molar-refractivity contribution < 1.29 is 14.5 Å². The number of nitro groups is 1. The molecule has 144 valence electrons. The zero-order valence-electron chi connectivity index (χ0n) is 15.3. The van der Waals surface area contributed by atoms with Crippen LogP contribution in [0.2, 0.25) is 0 Å². The minimum absolute atomic E-state index is 0.129. The number of hydrogen-bond donors (Lipinski definition) is 1. The Balaban J connectivity index is 1.62. The molecular weight excluding hydrogens is 380 g/mol. The van der Waals surface area contributed by atoms with Gasteiger partial charge in [0.2, 0.25) is 5.91 Å². The Labute approximate surface area is 165 Å². The molecule has 9 heteroatoms. The van der Waals surface area contributed by atoms with Crippen molar-refractivity contribution in [2.45, 2.75) is 13.0 Å². The summed E-state index contributed by atoms with van der Waals surface area (Å²) >= 11 is 1.52. The van der Waals surface area contributed by atoms with E-state index in [1.54, 1.807) is 7.05 Å². The van der Waals surface area contributed by atoms with E-state index in [2.05, 4.69) is 10.3 Å². The molecule has 2 aromatic carbocycles. The van der Waals surface area contributed by atoms with Crippen molar-refractivity contribution in [3.8, 4) is 0 Å². The second-order valence-corrected chi connectivity index (χ2v) is 7.25. The van der Waals surface area contributed by atoms with Crippen LogP contribution >= 0.6 is 11.3 Å². The Bertz CT molecular complexity index is 1020. The standard InChI is InChI=1S/C19H18N4O4S/c1-12(19-21-15-8-3-4-9-16(15)28-19)22(2)17(24)11-20-18(25)13-6-5-7-14(10-13)23(26)27/h3-10,12H,11H2,1-2H3,(H,20,25)/t12-/m1/s1. The average Bonchev–Trinajstić information content (AvgIpc) is 3.14. The lowest BCUT2D eigenvalue weighted by Crippen LogP contribution is -2.39. The van der Waals surface area contributed by atoms with Crippen LogP contribution in [0.1, 0.15) is 28.3 Å². The number of likely N-dealkylation sites (N-methyl/N-ethyl adjacent to an activating group) is 1. The van der Waals surface area contributed by atoms with Gasteiger partial charge in [0.05, 0.1) is 27.7 Å². The Morgan fingerprint density at radius 3 is 2.71 bits per heavy atom. The van der Waals surface area contributed by atoms with Crippen LogP contribution in [-0.2, 0) is 4.79 Å². The van der Waals surface area contributed by atoms with Gasteiger partial charge in [-0.25, -0.2) is 4.98 Å². The quantitative estimate of drug-likeness (QED) is 0.507. The summed E-state index contributed by atoms with van der Waals surface area (Å²) in [6.45, 7) is 1.66. The highest BCUT2D eigenvalue weighted by Gasteiger charge is 2.21. The number of amides is 2. The van der Waals surface area contributed by atoms with E-state index in [-0.39, 0.29) is 29.7 Å². The number of carbonyl (C=O) groups excluding carboxylic acids is 2. The predicted octanol–water partition coefficient (Wildman–Crippen LogP) is 3.15. The van der Waals surface area contributed by atoms with E-state index in [9.17, 15) is 19.7 Å². The van der Waals surface area contributed by atoms with Crippen molar-refractivity contribution in [2.24, 2.45) is 0 Å². The highest BCUT2D eigenvalue weighted by molar-refractivity contribution is 7.18. The van der Waals surface area contributed by atoms with Crippen LogP contribution in [0.4, 0.5) is 5.69 Å². The summed E-state index contributed by atoms with van der Waals surface area (Å²) in [5.41, 5.74) is 0.832. The summed E-state index contributed by atoms with van der Waals surface area (Å²) in [6.07, 6.45) is 0. The van der Waals surface area contributed by atoms with Crippen LogP contribution in [0.5, 0.6) is 0 Å². The normalized spacial score (nSPS) is 11.8. The van der Waals surface area contributed by atoms with Crippen molar-refractivity contribution in [3.05, 3.63) is 69.2 Å². The largest absolute Gasteiger partial charge is 0.343 e. The molecule has 0 spiro atoms. The number of carbonyl (C=O) groups is 2. The van der Waals surface area contributed by atoms with Gasteiger partial charge in [0.15, 0.2) is 0 Å². The third kappa shape index (κ3) is 4.15. The van der Waals surface area contributed by atoms with Gasteiger partial charge in [-0.05, 0) is 25.1 Å². The van der Waals surface area contributed by atoms with Crippen LogP contribution in [0.25, 0.3) is 10.2 Å². The van der Waals surface area contributed by atoms with Crippen molar-refractivity contribution >= 4 is 39.1 Å². The van der Waals surface area contributed by atoms with Crippen molar-refractivity contribution in [1.82, 2.24) is 15.2 Å². The number of aromatic nitrogens is 1. The summed E-state index contributed by atoms with van der Waals surface area (Å²) < 4.78 is 1.05. The fourth-order valence-electron chi connectivity index (χ4n) is 2.59. The lowest BCUT2D eigenvalue weighted by Gasteiger charge is -2.23. The number of non-ortho nitro benzene ring substituents is 1. The first-order valence-electron chi connectivity index (χ1n) is 8.50. The molecule has 8 nitrogen and oxygen atoms in total. The van der Waals surface area contributed by atoms with Gasteiger partial charge in [-0.3, -0.25) is 19.7 Å². The van der Waals surface area contributed by atoms with Crippen molar-refractivity contribution in [2.75, 3.05) is 13.6 Å².